The van der Waals surface area contributed by atoms with E-state index in [0.717, 1.165) is 0 Å². The molecule has 1 atom stereocenters. The van der Waals surface area contributed by atoms with E-state index in [9.17, 15) is 9.18 Å². The normalized spacial score (nSPS) is 11.8. The molecule has 0 aliphatic rings. The number of halogens is 1. The number of aromatic nitrogens is 2. The highest BCUT2D eigenvalue weighted by Crippen LogP contribution is 2.22. The number of benzene rings is 1. The molecule has 0 fully saturated rings. The molecule has 1 aromatic heterocycles. The van der Waals surface area contributed by atoms with Gasteiger partial charge in [0.2, 0.25) is 0 Å². The van der Waals surface area contributed by atoms with Crippen molar-refractivity contribution in [2.75, 3.05) is 12.8 Å². The molecule has 0 aliphatic carbocycles. The zero-order valence-electron chi connectivity index (χ0n) is 11.6. The van der Waals surface area contributed by atoms with E-state index in [0.29, 0.717) is 5.56 Å². The van der Waals surface area contributed by atoms with Crippen molar-refractivity contribution in [3.8, 4) is 5.75 Å². The summed E-state index contributed by atoms with van der Waals surface area (Å²) < 4.78 is 18.5. The minimum atomic E-state index is -0.491. The molecule has 1 amide bonds. The van der Waals surface area contributed by atoms with Crippen molar-refractivity contribution in [1.82, 2.24) is 15.3 Å². The van der Waals surface area contributed by atoms with Gasteiger partial charge in [-0.2, -0.15) is 0 Å². The van der Waals surface area contributed by atoms with Crippen LogP contribution in [0.15, 0.2) is 30.6 Å². The Labute approximate surface area is 121 Å². The fraction of sp³-hybridized carbons (Fsp3) is 0.214. The van der Waals surface area contributed by atoms with Gasteiger partial charge in [0.15, 0.2) is 23.1 Å². The Balaban J connectivity index is 2.14. The molecule has 0 aliphatic heterocycles. The van der Waals surface area contributed by atoms with Crippen molar-refractivity contribution in [2.24, 2.45) is 0 Å². The average Bonchev–Trinajstić information content (AvgIpc) is 2.47. The van der Waals surface area contributed by atoms with Crippen molar-refractivity contribution < 1.29 is 13.9 Å². The zero-order chi connectivity index (χ0) is 15.4. The van der Waals surface area contributed by atoms with Crippen molar-refractivity contribution >= 4 is 11.7 Å². The average molecular weight is 290 g/mol. The number of hydrogen-bond donors (Lipinski definition) is 2. The van der Waals surface area contributed by atoms with Gasteiger partial charge in [-0.1, -0.05) is 6.07 Å². The van der Waals surface area contributed by atoms with Gasteiger partial charge in [-0.05, 0) is 24.6 Å². The van der Waals surface area contributed by atoms with Crippen molar-refractivity contribution in [3.63, 3.8) is 0 Å². The molecule has 2 aromatic rings. The second-order valence-electron chi connectivity index (χ2n) is 4.38. The van der Waals surface area contributed by atoms with E-state index < -0.39 is 17.8 Å². The van der Waals surface area contributed by atoms with Gasteiger partial charge in [-0.25, -0.2) is 14.4 Å². The first-order chi connectivity index (χ1) is 10.0. The molecule has 0 unspecified atom stereocenters. The summed E-state index contributed by atoms with van der Waals surface area (Å²) in [4.78, 5) is 19.7. The molecule has 1 heterocycles. The second kappa shape index (κ2) is 6.17. The maximum absolute atomic E-state index is 13.7. The Kier molecular flexibility index (Phi) is 4.32. The highest BCUT2D eigenvalue weighted by Gasteiger charge is 2.16. The van der Waals surface area contributed by atoms with E-state index in [2.05, 4.69) is 15.3 Å². The predicted molar refractivity (Wildman–Crippen MR) is 75.3 cm³/mol. The molecule has 7 heteroatoms. The number of amides is 1. The first kappa shape index (κ1) is 14.7. The van der Waals surface area contributed by atoms with Gasteiger partial charge in [-0.15, -0.1) is 0 Å². The Morgan fingerprint density at radius 1 is 1.38 bits per heavy atom. The monoisotopic (exact) mass is 290 g/mol. The molecule has 110 valence electrons. The van der Waals surface area contributed by atoms with Crippen LogP contribution in [-0.4, -0.2) is 23.0 Å². The van der Waals surface area contributed by atoms with E-state index in [-0.39, 0.29) is 17.3 Å². The lowest BCUT2D eigenvalue weighted by molar-refractivity contribution is 0.0935. The lowest BCUT2D eigenvalue weighted by atomic mass is 10.1. The van der Waals surface area contributed by atoms with E-state index in [4.69, 9.17) is 10.5 Å². The maximum Gasteiger partial charge on any atom is 0.274 e. The summed E-state index contributed by atoms with van der Waals surface area (Å²) in [6.45, 7) is 1.73. The molecule has 21 heavy (non-hydrogen) atoms. The van der Waals surface area contributed by atoms with Crippen LogP contribution in [0, 0.1) is 5.82 Å². The third-order valence-electron chi connectivity index (χ3n) is 2.97. The number of ether oxygens (including phenoxy) is 1. The molecule has 0 saturated carbocycles. The number of nitrogens with zero attached hydrogens (tertiary/aromatic N) is 2. The lowest BCUT2D eigenvalue weighted by Gasteiger charge is -2.15. The summed E-state index contributed by atoms with van der Waals surface area (Å²) in [5, 5.41) is 2.69. The third-order valence-corrected chi connectivity index (χ3v) is 2.97. The summed E-state index contributed by atoms with van der Waals surface area (Å²) >= 11 is 0. The quantitative estimate of drug-likeness (QED) is 0.894. The summed E-state index contributed by atoms with van der Waals surface area (Å²) in [5.74, 6) is -0.766. The molecular formula is C14H15FN4O2. The van der Waals surface area contributed by atoms with E-state index in [1.165, 1.54) is 31.6 Å². The smallest absolute Gasteiger partial charge is 0.274 e. The first-order valence-corrected chi connectivity index (χ1v) is 6.23. The number of hydrogen-bond acceptors (Lipinski definition) is 5. The number of nitrogens with one attached hydrogen (secondary N) is 1. The molecule has 0 radical (unpaired) electrons. The van der Waals surface area contributed by atoms with Crippen LogP contribution in [0.5, 0.6) is 5.75 Å². The van der Waals surface area contributed by atoms with Gasteiger partial charge in [0.1, 0.15) is 0 Å². The molecular weight excluding hydrogens is 275 g/mol. The van der Waals surface area contributed by atoms with Crippen molar-refractivity contribution in [3.05, 3.63) is 47.7 Å². The molecule has 1 aromatic carbocycles. The largest absolute Gasteiger partial charge is 0.494 e. The van der Waals surface area contributed by atoms with Crippen molar-refractivity contribution in [2.45, 2.75) is 13.0 Å². The van der Waals surface area contributed by atoms with E-state index in [1.54, 1.807) is 13.0 Å². The Bertz CT molecular complexity index is 663. The summed E-state index contributed by atoms with van der Waals surface area (Å²) in [5.41, 5.74) is 6.23. The minimum absolute atomic E-state index is 0.0401. The Morgan fingerprint density at radius 2 is 2.10 bits per heavy atom. The van der Waals surface area contributed by atoms with Crippen LogP contribution in [0.3, 0.4) is 0 Å². The summed E-state index contributed by atoms with van der Waals surface area (Å²) in [6, 6.07) is 4.07. The fourth-order valence-electron chi connectivity index (χ4n) is 1.82. The molecule has 3 N–H and O–H groups in total. The van der Waals surface area contributed by atoms with E-state index >= 15 is 0 Å². The van der Waals surface area contributed by atoms with Gasteiger partial charge in [-0.3, -0.25) is 4.79 Å². The number of carbonyl (C=O) groups is 1. The van der Waals surface area contributed by atoms with Gasteiger partial charge in [0.05, 0.1) is 13.2 Å². The number of nitrogens with two attached hydrogens (primary N) is 1. The lowest BCUT2D eigenvalue weighted by Crippen LogP contribution is -2.28. The molecule has 0 spiro atoms. The Morgan fingerprint density at radius 3 is 2.71 bits per heavy atom. The van der Waals surface area contributed by atoms with Crippen LogP contribution in [0.4, 0.5) is 10.2 Å². The third kappa shape index (κ3) is 3.25. The van der Waals surface area contributed by atoms with Crippen LogP contribution in [-0.2, 0) is 0 Å². The molecule has 6 nitrogen and oxygen atoms in total. The second-order valence-corrected chi connectivity index (χ2v) is 4.38. The number of anilines is 1. The molecule has 0 saturated heterocycles. The standard InChI is InChI=1S/C14H15FN4O2/c1-8(9-3-4-11(21-2)10(15)7-9)19-14(20)12-13(16)18-6-5-17-12/h3-8H,1-2H3,(H2,16,18)(H,19,20)/t8-/m1/s1. The van der Waals surface area contributed by atoms with Crippen molar-refractivity contribution in [1.29, 1.82) is 0 Å². The zero-order valence-corrected chi connectivity index (χ0v) is 11.6. The topological polar surface area (TPSA) is 90.1 Å². The number of rotatable bonds is 4. The van der Waals surface area contributed by atoms with Crippen LogP contribution in [0.1, 0.15) is 29.0 Å². The highest BCUT2D eigenvalue weighted by molar-refractivity contribution is 5.96. The molecule has 0 bridgehead atoms. The first-order valence-electron chi connectivity index (χ1n) is 6.23. The SMILES string of the molecule is COc1ccc([C@@H](C)NC(=O)c2nccnc2N)cc1F. The van der Waals surface area contributed by atoms with Crippen LogP contribution >= 0.6 is 0 Å². The molecule has 2 rings (SSSR count). The van der Waals surface area contributed by atoms with Gasteiger partial charge in [0, 0.05) is 12.4 Å². The van der Waals surface area contributed by atoms with Gasteiger partial charge in [0.25, 0.3) is 5.91 Å². The van der Waals surface area contributed by atoms with Gasteiger partial charge >= 0.3 is 0 Å². The summed E-state index contributed by atoms with van der Waals surface area (Å²) in [6.07, 6.45) is 2.78. The van der Waals surface area contributed by atoms with Crippen LogP contribution in [0.2, 0.25) is 0 Å². The predicted octanol–water partition coefficient (Wildman–Crippen LogP) is 1.70. The van der Waals surface area contributed by atoms with Gasteiger partial charge < -0.3 is 15.8 Å². The van der Waals surface area contributed by atoms with E-state index in [1.807, 2.05) is 0 Å². The Hall–Kier alpha value is -2.70. The summed E-state index contributed by atoms with van der Waals surface area (Å²) in [7, 11) is 1.39. The number of nitrogen functional groups attached to an aromatic ring is 1. The fourth-order valence-corrected chi connectivity index (χ4v) is 1.82. The number of methoxy groups -OCH3 is 1. The maximum atomic E-state index is 13.7. The number of carbonyl (C=O) groups excluding carboxylic acids is 1. The van der Waals surface area contributed by atoms with Crippen LogP contribution in [0.25, 0.3) is 0 Å². The highest BCUT2D eigenvalue weighted by atomic mass is 19.1. The minimum Gasteiger partial charge on any atom is -0.494 e. The van der Waals surface area contributed by atoms with Crippen LogP contribution < -0.4 is 15.8 Å².